The molecule has 0 saturated heterocycles. The van der Waals surface area contributed by atoms with Crippen LogP contribution in [0.4, 0.5) is 0 Å². The van der Waals surface area contributed by atoms with Crippen molar-refractivity contribution in [2.75, 3.05) is 6.61 Å². The molecule has 0 saturated carbocycles. The van der Waals surface area contributed by atoms with Crippen molar-refractivity contribution in [3.63, 3.8) is 0 Å². The van der Waals surface area contributed by atoms with Crippen molar-refractivity contribution in [3.8, 4) is 0 Å². The van der Waals surface area contributed by atoms with E-state index >= 15 is 0 Å². The maximum absolute atomic E-state index is 11.4. The monoisotopic (exact) mass is 184 g/mol. The van der Waals surface area contributed by atoms with Crippen LogP contribution in [0, 0.1) is 0 Å². The van der Waals surface area contributed by atoms with Crippen LogP contribution in [0.5, 0.6) is 0 Å². The Bertz CT molecular complexity index is 230. The molecule has 0 fully saturated rings. The van der Waals surface area contributed by atoms with Gasteiger partial charge in [-0.1, -0.05) is 5.57 Å². The Morgan fingerprint density at radius 2 is 2.38 bits per heavy atom. The molecular weight excluding hydrogens is 168 g/mol. The lowest BCUT2D eigenvalue weighted by molar-refractivity contribution is -0.139. The topological polar surface area (TPSA) is 46.5 Å². The number of allylic oxidation sites excluding steroid dienone is 1. The minimum atomic E-state index is -0.618. The number of aliphatic hydroxyl groups excluding tert-OH is 1. The Morgan fingerprint density at radius 1 is 1.69 bits per heavy atom. The fourth-order valence-corrected chi connectivity index (χ4v) is 1.64. The summed E-state index contributed by atoms with van der Waals surface area (Å²) in [5.74, 6) is -0.354. The Morgan fingerprint density at radius 3 is 2.92 bits per heavy atom. The van der Waals surface area contributed by atoms with E-state index < -0.39 is 6.10 Å². The normalized spacial score (nSPS) is 23.2. The van der Waals surface area contributed by atoms with Gasteiger partial charge in [-0.25, -0.2) is 4.79 Å². The SMILES string of the molecule is CCOC(=O)C1=C(C)CCCC1O. The third-order valence-corrected chi connectivity index (χ3v) is 2.32. The van der Waals surface area contributed by atoms with Crippen LogP contribution in [0.25, 0.3) is 0 Å². The highest BCUT2D eigenvalue weighted by Gasteiger charge is 2.25. The lowest BCUT2D eigenvalue weighted by Gasteiger charge is -2.21. The van der Waals surface area contributed by atoms with Gasteiger partial charge in [0.15, 0.2) is 0 Å². The van der Waals surface area contributed by atoms with E-state index in [2.05, 4.69) is 0 Å². The van der Waals surface area contributed by atoms with Crippen LogP contribution in [0.15, 0.2) is 11.1 Å². The molecule has 1 N–H and O–H groups in total. The van der Waals surface area contributed by atoms with Crippen molar-refractivity contribution < 1.29 is 14.6 Å². The van der Waals surface area contributed by atoms with Crippen molar-refractivity contribution in [3.05, 3.63) is 11.1 Å². The summed E-state index contributed by atoms with van der Waals surface area (Å²) in [6.07, 6.45) is 1.90. The van der Waals surface area contributed by atoms with Crippen molar-refractivity contribution in [2.24, 2.45) is 0 Å². The van der Waals surface area contributed by atoms with Crippen molar-refractivity contribution >= 4 is 5.97 Å². The van der Waals surface area contributed by atoms with Gasteiger partial charge < -0.3 is 9.84 Å². The van der Waals surface area contributed by atoms with Gasteiger partial charge in [-0.05, 0) is 33.1 Å². The molecule has 74 valence electrons. The Balaban J connectivity index is 2.78. The van der Waals surface area contributed by atoms with Gasteiger partial charge >= 0.3 is 5.97 Å². The molecule has 0 amide bonds. The van der Waals surface area contributed by atoms with E-state index in [0.717, 1.165) is 18.4 Å². The summed E-state index contributed by atoms with van der Waals surface area (Å²) in [4.78, 5) is 11.4. The number of hydrogen-bond acceptors (Lipinski definition) is 3. The highest BCUT2D eigenvalue weighted by Crippen LogP contribution is 2.25. The summed E-state index contributed by atoms with van der Waals surface area (Å²) in [7, 11) is 0. The zero-order valence-corrected chi connectivity index (χ0v) is 8.17. The van der Waals surface area contributed by atoms with E-state index in [9.17, 15) is 9.90 Å². The first kappa shape index (κ1) is 10.3. The van der Waals surface area contributed by atoms with Gasteiger partial charge in [-0.3, -0.25) is 0 Å². The molecule has 0 aliphatic heterocycles. The van der Waals surface area contributed by atoms with Crippen LogP contribution < -0.4 is 0 Å². The van der Waals surface area contributed by atoms with Gasteiger partial charge in [0.1, 0.15) is 0 Å². The smallest absolute Gasteiger partial charge is 0.336 e. The molecule has 0 aromatic carbocycles. The number of carbonyl (C=O) groups excluding carboxylic acids is 1. The van der Waals surface area contributed by atoms with E-state index in [4.69, 9.17) is 4.74 Å². The largest absolute Gasteiger partial charge is 0.463 e. The minimum absolute atomic E-state index is 0.354. The second-order valence-corrected chi connectivity index (χ2v) is 3.32. The standard InChI is InChI=1S/C10H16O3/c1-3-13-10(12)9-7(2)5-4-6-8(9)11/h8,11H,3-6H2,1-2H3. The van der Waals surface area contributed by atoms with Gasteiger partial charge in [-0.15, -0.1) is 0 Å². The lowest BCUT2D eigenvalue weighted by atomic mass is 9.90. The van der Waals surface area contributed by atoms with Gasteiger partial charge in [-0.2, -0.15) is 0 Å². The fraction of sp³-hybridized carbons (Fsp3) is 0.700. The predicted molar refractivity (Wildman–Crippen MR) is 49.2 cm³/mol. The molecule has 1 unspecified atom stereocenters. The Kier molecular flexibility index (Phi) is 3.48. The van der Waals surface area contributed by atoms with Crippen LogP contribution in [-0.2, 0) is 9.53 Å². The molecule has 1 aliphatic rings. The zero-order chi connectivity index (χ0) is 9.84. The van der Waals surface area contributed by atoms with Gasteiger partial charge in [0.2, 0.25) is 0 Å². The number of hydrogen-bond donors (Lipinski definition) is 1. The predicted octanol–water partition coefficient (Wildman–Crippen LogP) is 1.41. The zero-order valence-electron chi connectivity index (χ0n) is 8.17. The number of carbonyl (C=O) groups is 1. The molecule has 1 atom stereocenters. The number of esters is 1. The quantitative estimate of drug-likeness (QED) is 0.660. The summed E-state index contributed by atoms with van der Waals surface area (Å²) < 4.78 is 4.87. The molecule has 1 aliphatic carbocycles. The van der Waals surface area contributed by atoms with Gasteiger partial charge in [0.25, 0.3) is 0 Å². The highest BCUT2D eigenvalue weighted by molar-refractivity contribution is 5.90. The minimum Gasteiger partial charge on any atom is -0.463 e. The maximum Gasteiger partial charge on any atom is 0.336 e. The number of aliphatic hydroxyl groups is 1. The van der Waals surface area contributed by atoms with Crippen LogP contribution in [0.1, 0.15) is 33.1 Å². The number of ether oxygens (including phenoxy) is 1. The second kappa shape index (κ2) is 4.42. The van der Waals surface area contributed by atoms with Gasteiger partial charge in [0.05, 0.1) is 18.3 Å². The lowest BCUT2D eigenvalue weighted by Crippen LogP contribution is -2.24. The first-order valence-electron chi connectivity index (χ1n) is 4.71. The summed E-state index contributed by atoms with van der Waals surface area (Å²) in [6, 6.07) is 0. The first-order valence-corrected chi connectivity index (χ1v) is 4.71. The average Bonchev–Trinajstić information content (AvgIpc) is 2.04. The van der Waals surface area contributed by atoms with Gasteiger partial charge in [0, 0.05) is 0 Å². The first-order chi connectivity index (χ1) is 6.16. The molecule has 13 heavy (non-hydrogen) atoms. The van der Waals surface area contributed by atoms with E-state index in [1.807, 2.05) is 6.92 Å². The molecule has 0 heterocycles. The number of rotatable bonds is 2. The summed E-state index contributed by atoms with van der Waals surface area (Å²) in [5.41, 5.74) is 1.45. The molecule has 0 aromatic heterocycles. The summed E-state index contributed by atoms with van der Waals surface area (Å²) in [6.45, 7) is 4.01. The Hall–Kier alpha value is -0.830. The van der Waals surface area contributed by atoms with Crippen LogP contribution in [-0.4, -0.2) is 23.8 Å². The van der Waals surface area contributed by atoms with Crippen molar-refractivity contribution in [2.45, 2.75) is 39.2 Å². The molecule has 0 spiro atoms. The fourth-order valence-electron chi connectivity index (χ4n) is 1.64. The third-order valence-electron chi connectivity index (χ3n) is 2.32. The molecule has 0 radical (unpaired) electrons. The van der Waals surface area contributed by atoms with E-state index in [-0.39, 0.29) is 5.97 Å². The summed E-state index contributed by atoms with van der Waals surface area (Å²) in [5, 5.41) is 9.58. The maximum atomic E-state index is 11.4. The van der Waals surface area contributed by atoms with E-state index in [1.165, 1.54) is 0 Å². The average molecular weight is 184 g/mol. The molecule has 3 nitrogen and oxygen atoms in total. The molecule has 0 bridgehead atoms. The van der Waals surface area contributed by atoms with E-state index in [0.29, 0.717) is 18.6 Å². The molecule has 0 aromatic rings. The summed E-state index contributed by atoms with van der Waals surface area (Å²) >= 11 is 0. The third kappa shape index (κ3) is 2.31. The van der Waals surface area contributed by atoms with Crippen LogP contribution in [0.3, 0.4) is 0 Å². The molecular formula is C10H16O3. The van der Waals surface area contributed by atoms with Crippen LogP contribution in [0.2, 0.25) is 0 Å². The van der Waals surface area contributed by atoms with Crippen molar-refractivity contribution in [1.82, 2.24) is 0 Å². The van der Waals surface area contributed by atoms with E-state index in [1.54, 1.807) is 6.92 Å². The second-order valence-electron chi connectivity index (χ2n) is 3.32. The van der Waals surface area contributed by atoms with Crippen molar-refractivity contribution in [1.29, 1.82) is 0 Å². The Labute approximate surface area is 78.4 Å². The molecule has 3 heteroatoms. The molecule has 1 rings (SSSR count). The highest BCUT2D eigenvalue weighted by atomic mass is 16.5. The van der Waals surface area contributed by atoms with Crippen LogP contribution >= 0.6 is 0 Å².